The minimum Gasteiger partial charge on any atom is -0.310 e. The zero-order chi connectivity index (χ0) is 15.2. The Morgan fingerprint density at radius 3 is 2.24 bits per heavy atom. The van der Waals surface area contributed by atoms with E-state index in [9.17, 15) is 0 Å². The number of benzene rings is 2. The molecule has 2 aromatic carbocycles. The Bertz CT molecular complexity index is 560. The second-order valence-electron chi connectivity index (χ2n) is 5.73. The standard InChI is InChI=1S/C19H24BrN/c1-4-21-19(17-7-5-6-8-18(17)20)13-15-9-11-16(12-10-15)14(2)3/h5-12,14,19,21H,4,13H2,1-3H3. The predicted octanol–water partition coefficient (Wildman–Crippen LogP) is 5.47. The predicted molar refractivity (Wildman–Crippen MR) is 94.8 cm³/mol. The third-order valence-electron chi connectivity index (χ3n) is 3.82. The average molecular weight is 346 g/mol. The van der Waals surface area contributed by atoms with E-state index in [-0.39, 0.29) is 0 Å². The van der Waals surface area contributed by atoms with Crippen LogP contribution < -0.4 is 5.32 Å². The highest BCUT2D eigenvalue weighted by atomic mass is 79.9. The molecule has 0 spiro atoms. The first-order chi connectivity index (χ1) is 10.1. The summed E-state index contributed by atoms with van der Waals surface area (Å²) in [6, 6.07) is 17.8. The number of likely N-dealkylation sites (N-methyl/N-ethyl adjacent to an activating group) is 1. The first kappa shape index (κ1) is 16.3. The van der Waals surface area contributed by atoms with Gasteiger partial charge in [0, 0.05) is 10.5 Å². The highest BCUT2D eigenvalue weighted by Crippen LogP contribution is 2.26. The molecule has 2 rings (SSSR count). The SMILES string of the molecule is CCNC(Cc1ccc(C(C)C)cc1)c1ccccc1Br. The van der Waals surface area contributed by atoms with E-state index in [4.69, 9.17) is 0 Å². The van der Waals surface area contributed by atoms with Gasteiger partial charge in [0.15, 0.2) is 0 Å². The summed E-state index contributed by atoms with van der Waals surface area (Å²) < 4.78 is 1.18. The summed E-state index contributed by atoms with van der Waals surface area (Å²) in [5, 5.41) is 3.60. The lowest BCUT2D eigenvalue weighted by Crippen LogP contribution is -2.23. The van der Waals surface area contributed by atoms with E-state index in [1.165, 1.54) is 21.2 Å². The Balaban J connectivity index is 2.18. The lowest BCUT2D eigenvalue weighted by Gasteiger charge is -2.20. The number of hydrogen-bond donors (Lipinski definition) is 1. The van der Waals surface area contributed by atoms with Crippen LogP contribution in [0, 0.1) is 0 Å². The lowest BCUT2D eigenvalue weighted by atomic mass is 9.96. The van der Waals surface area contributed by atoms with E-state index in [1.54, 1.807) is 0 Å². The molecule has 0 bridgehead atoms. The molecule has 0 amide bonds. The fourth-order valence-electron chi connectivity index (χ4n) is 2.57. The van der Waals surface area contributed by atoms with Crippen LogP contribution in [0.3, 0.4) is 0 Å². The number of halogens is 1. The highest BCUT2D eigenvalue weighted by Gasteiger charge is 2.14. The van der Waals surface area contributed by atoms with Gasteiger partial charge in [-0.25, -0.2) is 0 Å². The van der Waals surface area contributed by atoms with Crippen molar-refractivity contribution in [3.05, 3.63) is 69.7 Å². The van der Waals surface area contributed by atoms with Crippen LogP contribution >= 0.6 is 15.9 Å². The number of hydrogen-bond acceptors (Lipinski definition) is 1. The monoisotopic (exact) mass is 345 g/mol. The fraction of sp³-hybridized carbons (Fsp3) is 0.368. The topological polar surface area (TPSA) is 12.0 Å². The third-order valence-corrected chi connectivity index (χ3v) is 4.54. The molecular formula is C19H24BrN. The summed E-state index contributed by atoms with van der Waals surface area (Å²) in [5.41, 5.74) is 4.10. The summed E-state index contributed by atoms with van der Waals surface area (Å²) in [5.74, 6) is 0.590. The minimum absolute atomic E-state index is 0.343. The van der Waals surface area contributed by atoms with Crippen LogP contribution in [0.25, 0.3) is 0 Å². The van der Waals surface area contributed by atoms with Crippen LogP contribution in [0.4, 0.5) is 0 Å². The maximum atomic E-state index is 3.67. The van der Waals surface area contributed by atoms with Crippen molar-refractivity contribution in [3.63, 3.8) is 0 Å². The van der Waals surface area contributed by atoms with Gasteiger partial charge in [-0.15, -0.1) is 0 Å². The van der Waals surface area contributed by atoms with Crippen LogP contribution in [0.2, 0.25) is 0 Å². The van der Waals surface area contributed by atoms with Crippen molar-refractivity contribution in [1.29, 1.82) is 0 Å². The van der Waals surface area contributed by atoms with E-state index in [0.717, 1.165) is 13.0 Å². The van der Waals surface area contributed by atoms with Crippen molar-refractivity contribution in [1.82, 2.24) is 5.32 Å². The largest absolute Gasteiger partial charge is 0.310 e. The molecule has 0 heterocycles. The third kappa shape index (κ3) is 4.42. The summed E-state index contributed by atoms with van der Waals surface area (Å²) >= 11 is 3.67. The van der Waals surface area contributed by atoms with Crippen molar-refractivity contribution in [3.8, 4) is 0 Å². The Morgan fingerprint density at radius 2 is 1.67 bits per heavy atom. The summed E-state index contributed by atoms with van der Waals surface area (Å²) in [7, 11) is 0. The molecule has 0 saturated carbocycles. The van der Waals surface area contributed by atoms with Crippen molar-refractivity contribution < 1.29 is 0 Å². The Morgan fingerprint density at radius 1 is 1.00 bits per heavy atom. The molecule has 0 saturated heterocycles. The van der Waals surface area contributed by atoms with Crippen LogP contribution in [0.15, 0.2) is 53.0 Å². The van der Waals surface area contributed by atoms with Gasteiger partial charge in [-0.05, 0) is 41.6 Å². The van der Waals surface area contributed by atoms with Gasteiger partial charge in [0.05, 0.1) is 0 Å². The molecule has 0 aliphatic heterocycles. The highest BCUT2D eigenvalue weighted by molar-refractivity contribution is 9.10. The van der Waals surface area contributed by atoms with E-state index < -0.39 is 0 Å². The van der Waals surface area contributed by atoms with Gasteiger partial charge < -0.3 is 5.32 Å². The minimum atomic E-state index is 0.343. The van der Waals surface area contributed by atoms with E-state index in [2.05, 4.69) is 90.5 Å². The Kier molecular flexibility index (Phi) is 6.01. The molecular weight excluding hydrogens is 322 g/mol. The van der Waals surface area contributed by atoms with Gasteiger partial charge in [-0.1, -0.05) is 79.2 Å². The van der Waals surface area contributed by atoms with Gasteiger partial charge in [0.2, 0.25) is 0 Å². The van der Waals surface area contributed by atoms with Crippen LogP contribution in [-0.4, -0.2) is 6.54 Å². The molecule has 21 heavy (non-hydrogen) atoms. The number of nitrogens with one attached hydrogen (secondary N) is 1. The van der Waals surface area contributed by atoms with E-state index in [1.807, 2.05) is 0 Å². The van der Waals surface area contributed by atoms with Crippen LogP contribution in [-0.2, 0) is 6.42 Å². The van der Waals surface area contributed by atoms with Gasteiger partial charge in [-0.2, -0.15) is 0 Å². The van der Waals surface area contributed by atoms with Gasteiger partial charge >= 0.3 is 0 Å². The van der Waals surface area contributed by atoms with Crippen molar-refractivity contribution in [2.24, 2.45) is 0 Å². The molecule has 0 aromatic heterocycles. The first-order valence-electron chi connectivity index (χ1n) is 7.68. The second kappa shape index (κ2) is 7.77. The maximum absolute atomic E-state index is 3.67. The molecule has 0 aliphatic rings. The zero-order valence-corrected chi connectivity index (χ0v) is 14.7. The lowest BCUT2D eigenvalue weighted by molar-refractivity contribution is 0.548. The normalized spacial score (nSPS) is 12.6. The second-order valence-corrected chi connectivity index (χ2v) is 6.59. The fourth-order valence-corrected chi connectivity index (χ4v) is 3.13. The van der Waals surface area contributed by atoms with Crippen molar-refractivity contribution in [2.75, 3.05) is 6.54 Å². The van der Waals surface area contributed by atoms with Crippen LogP contribution in [0.5, 0.6) is 0 Å². The molecule has 1 atom stereocenters. The Hall–Kier alpha value is -1.12. The maximum Gasteiger partial charge on any atom is 0.0372 e. The molecule has 0 radical (unpaired) electrons. The quantitative estimate of drug-likeness (QED) is 0.732. The molecule has 1 N–H and O–H groups in total. The first-order valence-corrected chi connectivity index (χ1v) is 8.47. The molecule has 1 unspecified atom stereocenters. The summed E-state index contributed by atoms with van der Waals surface area (Å²) in [6.07, 6.45) is 1.01. The molecule has 112 valence electrons. The van der Waals surface area contributed by atoms with E-state index >= 15 is 0 Å². The number of rotatable bonds is 6. The average Bonchev–Trinajstić information content (AvgIpc) is 2.48. The van der Waals surface area contributed by atoms with E-state index in [0.29, 0.717) is 12.0 Å². The zero-order valence-electron chi connectivity index (χ0n) is 13.1. The molecule has 2 aromatic rings. The Labute approximate surface area is 136 Å². The van der Waals surface area contributed by atoms with Gasteiger partial charge in [-0.3, -0.25) is 0 Å². The molecule has 1 nitrogen and oxygen atoms in total. The summed E-state index contributed by atoms with van der Waals surface area (Å²) in [4.78, 5) is 0. The molecule has 0 aliphatic carbocycles. The molecule has 0 fully saturated rings. The van der Waals surface area contributed by atoms with Crippen molar-refractivity contribution in [2.45, 2.75) is 39.2 Å². The molecule has 2 heteroatoms. The van der Waals surface area contributed by atoms with Crippen molar-refractivity contribution >= 4 is 15.9 Å². The summed E-state index contributed by atoms with van der Waals surface area (Å²) in [6.45, 7) is 7.59. The smallest absolute Gasteiger partial charge is 0.0372 e. The van der Waals surface area contributed by atoms with Gasteiger partial charge in [0.1, 0.15) is 0 Å². The van der Waals surface area contributed by atoms with Crippen LogP contribution in [0.1, 0.15) is 49.4 Å². The van der Waals surface area contributed by atoms with Gasteiger partial charge in [0.25, 0.3) is 0 Å².